The van der Waals surface area contributed by atoms with Gasteiger partial charge in [0.2, 0.25) is 0 Å². The van der Waals surface area contributed by atoms with Crippen LogP contribution in [0.5, 0.6) is 5.75 Å². The molecule has 2 rings (SSSR count). The fraction of sp³-hybridized carbons (Fsp3) is 0.611. The van der Waals surface area contributed by atoms with Crippen molar-refractivity contribution in [3.8, 4) is 5.75 Å². The molecule has 0 spiro atoms. The number of rotatable bonds is 7. The molecule has 1 aromatic carbocycles. The number of nitrogens with zero attached hydrogens (tertiary/aromatic N) is 1. The summed E-state index contributed by atoms with van der Waals surface area (Å²) in [4.78, 5) is 14.6. The molecule has 1 amide bonds. The van der Waals surface area contributed by atoms with Crippen molar-refractivity contribution in [1.29, 1.82) is 0 Å². The maximum atomic E-state index is 12.1. The van der Waals surface area contributed by atoms with Crippen molar-refractivity contribution >= 4 is 17.5 Å². The molecule has 1 aliphatic rings. The Morgan fingerprint density at radius 2 is 2.30 bits per heavy atom. The zero-order valence-electron chi connectivity index (χ0n) is 14.1. The molecule has 0 aliphatic carbocycles. The Balaban J connectivity index is 1.73. The van der Waals surface area contributed by atoms with E-state index in [0.717, 1.165) is 18.9 Å². The van der Waals surface area contributed by atoms with Crippen LogP contribution >= 0.6 is 11.6 Å². The summed E-state index contributed by atoms with van der Waals surface area (Å²) in [5, 5.41) is 3.44. The van der Waals surface area contributed by atoms with Crippen LogP contribution in [0.1, 0.15) is 43.5 Å². The molecule has 1 aromatic rings. The molecule has 1 saturated heterocycles. The van der Waals surface area contributed by atoms with Crippen molar-refractivity contribution in [3.63, 3.8) is 0 Å². The van der Waals surface area contributed by atoms with E-state index in [1.807, 2.05) is 6.92 Å². The second-order valence-corrected chi connectivity index (χ2v) is 6.64. The largest absolute Gasteiger partial charge is 0.492 e. The van der Waals surface area contributed by atoms with Crippen LogP contribution in [0.15, 0.2) is 18.2 Å². The van der Waals surface area contributed by atoms with Crippen LogP contribution < -0.4 is 10.1 Å². The third kappa shape index (κ3) is 5.70. The number of likely N-dealkylation sites (tertiary alicyclic amines) is 1. The SMILES string of the molecule is CCOc1ccc(C(=O)NCCCN2CCC[C@H](C)C2)cc1Cl. The Kier molecular flexibility index (Phi) is 7.18. The van der Waals surface area contributed by atoms with Gasteiger partial charge in [0.25, 0.3) is 5.91 Å². The molecular weight excluding hydrogens is 312 g/mol. The summed E-state index contributed by atoms with van der Waals surface area (Å²) in [7, 11) is 0. The summed E-state index contributed by atoms with van der Waals surface area (Å²) in [6, 6.07) is 5.16. The molecule has 4 nitrogen and oxygen atoms in total. The van der Waals surface area contributed by atoms with Gasteiger partial charge in [0.05, 0.1) is 11.6 Å². The molecule has 23 heavy (non-hydrogen) atoms. The van der Waals surface area contributed by atoms with Gasteiger partial charge in [0.1, 0.15) is 5.75 Å². The number of carbonyl (C=O) groups excluding carboxylic acids is 1. The minimum Gasteiger partial charge on any atom is -0.492 e. The van der Waals surface area contributed by atoms with E-state index in [1.54, 1.807) is 18.2 Å². The van der Waals surface area contributed by atoms with Gasteiger partial charge in [-0.2, -0.15) is 0 Å². The smallest absolute Gasteiger partial charge is 0.251 e. The number of halogens is 1. The number of piperidine rings is 1. The van der Waals surface area contributed by atoms with Crippen molar-refractivity contribution in [2.24, 2.45) is 5.92 Å². The lowest BCUT2D eigenvalue weighted by Gasteiger charge is -2.30. The van der Waals surface area contributed by atoms with Crippen LogP contribution in [0, 0.1) is 5.92 Å². The second-order valence-electron chi connectivity index (χ2n) is 6.24. The van der Waals surface area contributed by atoms with Gasteiger partial charge in [0, 0.05) is 18.7 Å². The van der Waals surface area contributed by atoms with Crippen LogP contribution in [0.2, 0.25) is 5.02 Å². The molecular formula is C18H27ClN2O2. The maximum absolute atomic E-state index is 12.1. The topological polar surface area (TPSA) is 41.6 Å². The highest BCUT2D eigenvalue weighted by Crippen LogP contribution is 2.25. The summed E-state index contributed by atoms with van der Waals surface area (Å²) in [6.07, 6.45) is 3.60. The first kappa shape index (κ1) is 18.1. The Morgan fingerprint density at radius 3 is 3.00 bits per heavy atom. The number of carbonyl (C=O) groups is 1. The van der Waals surface area contributed by atoms with Gasteiger partial charge in [-0.15, -0.1) is 0 Å². The second kappa shape index (κ2) is 9.14. The molecule has 1 aliphatic heterocycles. The van der Waals surface area contributed by atoms with Gasteiger partial charge < -0.3 is 15.0 Å². The summed E-state index contributed by atoms with van der Waals surface area (Å²) in [5.74, 6) is 1.33. The molecule has 0 radical (unpaired) electrons. The standard InChI is InChI=1S/C18H27ClN2O2/c1-3-23-17-8-7-15(12-16(17)19)18(22)20-9-5-11-21-10-4-6-14(2)13-21/h7-8,12,14H,3-6,9-11,13H2,1-2H3,(H,20,22)/t14-/m0/s1. The molecule has 0 unspecified atom stereocenters. The first-order chi connectivity index (χ1) is 11.1. The summed E-state index contributed by atoms with van der Waals surface area (Å²) in [6.45, 7) is 8.88. The number of hydrogen-bond donors (Lipinski definition) is 1. The first-order valence-electron chi connectivity index (χ1n) is 8.53. The Labute approximate surface area is 144 Å². The van der Waals surface area contributed by atoms with Crippen LogP contribution in [-0.4, -0.2) is 43.6 Å². The highest BCUT2D eigenvalue weighted by molar-refractivity contribution is 6.32. The molecule has 0 bridgehead atoms. The number of benzene rings is 1. The van der Waals surface area contributed by atoms with Crippen LogP contribution in [0.25, 0.3) is 0 Å². The molecule has 1 fully saturated rings. The van der Waals surface area contributed by atoms with Gasteiger partial charge >= 0.3 is 0 Å². The van der Waals surface area contributed by atoms with E-state index >= 15 is 0 Å². The Bertz CT molecular complexity index is 522. The van der Waals surface area contributed by atoms with Crippen molar-refractivity contribution in [1.82, 2.24) is 10.2 Å². The van der Waals surface area contributed by atoms with Crippen molar-refractivity contribution in [2.45, 2.75) is 33.1 Å². The average Bonchev–Trinajstić information content (AvgIpc) is 2.53. The van der Waals surface area contributed by atoms with Crippen molar-refractivity contribution < 1.29 is 9.53 Å². The summed E-state index contributed by atoms with van der Waals surface area (Å²) >= 11 is 6.12. The van der Waals surface area contributed by atoms with E-state index in [9.17, 15) is 4.79 Å². The lowest BCUT2D eigenvalue weighted by atomic mass is 10.0. The lowest BCUT2D eigenvalue weighted by molar-refractivity contribution is 0.0950. The predicted molar refractivity (Wildman–Crippen MR) is 94.4 cm³/mol. The van der Waals surface area contributed by atoms with Crippen molar-refractivity contribution in [3.05, 3.63) is 28.8 Å². The normalized spacial score (nSPS) is 18.7. The van der Waals surface area contributed by atoms with Crippen molar-refractivity contribution in [2.75, 3.05) is 32.8 Å². The first-order valence-corrected chi connectivity index (χ1v) is 8.91. The molecule has 128 valence electrons. The minimum atomic E-state index is -0.0815. The highest BCUT2D eigenvalue weighted by Gasteiger charge is 2.15. The molecule has 1 heterocycles. The average molecular weight is 339 g/mol. The Morgan fingerprint density at radius 1 is 1.48 bits per heavy atom. The van der Waals surface area contributed by atoms with Gasteiger partial charge in [0.15, 0.2) is 0 Å². The number of ether oxygens (including phenoxy) is 1. The van der Waals surface area contributed by atoms with Crippen LogP contribution in [-0.2, 0) is 0 Å². The monoisotopic (exact) mass is 338 g/mol. The fourth-order valence-corrected chi connectivity index (χ4v) is 3.25. The van der Waals surface area contributed by atoms with Gasteiger partial charge in [-0.1, -0.05) is 18.5 Å². The summed E-state index contributed by atoms with van der Waals surface area (Å²) < 4.78 is 5.38. The third-order valence-electron chi connectivity index (χ3n) is 4.17. The zero-order chi connectivity index (χ0) is 16.7. The molecule has 1 atom stereocenters. The third-order valence-corrected chi connectivity index (χ3v) is 4.47. The minimum absolute atomic E-state index is 0.0815. The fourth-order valence-electron chi connectivity index (χ4n) is 3.01. The zero-order valence-corrected chi connectivity index (χ0v) is 14.9. The van der Waals surface area contributed by atoms with E-state index in [4.69, 9.17) is 16.3 Å². The molecule has 1 N–H and O–H groups in total. The molecule has 0 saturated carbocycles. The number of amides is 1. The van der Waals surface area contributed by atoms with E-state index < -0.39 is 0 Å². The quantitative estimate of drug-likeness (QED) is 0.772. The maximum Gasteiger partial charge on any atom is 0.251 e. The number of hydrogen-bond acceptors (Lipinski definition) is 3. The van der Waals surface area contributed by atoms with E-state index in [-0.39, 0.29) is 5.91 Å². The lowest BCUT2D eigenvalue weighted by Crippen LogP contribution is -2.36. The van der Waals surface area contributed by atoms with E-state index in [1.165, 1.54) is 25.9 Å². The number of nitrogens with one attached hydrogen (secondary N) is 1. The highest BCUT2D eigenvalue weighted by atomic mass is 35.5. The van der Waals surface area contributed by atoms with E-state index in [0.29, 0.717) is 29.5 Å². The van der Waals surface area contributed by atoms with Gasteiger partial charge in [-0.05, 0) is 63.4 Å². The van der Waals surface area contributed by atoms with Gasteiger partial charge in [-0.25, -0.2) is 0 Å². The summed E-state index contributed by atoms with van der Waals surface area (Å²) in [5.41, 5.74) is 0.574. The van der Waals surface area contributed by atoms with Crippen LogP contribution in [0.4, 0.5) is 0 Å². The molecule has 5 heteroatoms. The van der Waals surface area contributed by atoms with Crippen LogP contribution in [0.3, 0.4) is 0 Å². The predicted octanol–water partition coefficient (Wildman–Crippen LogP) is 3.59. The van der Waals surface area contributed by atoms with E-state index in [2.05, 4.69) is 17.1 Å². The Hall–Kier alpha value is -1.26. The van der Waals surface area contributed by atoms with Gasteiger partial charge in [-0.3, -0.25) is 4.79 Å². The molecule has 0 aromatic heterocycles.